The third-order valence-corrected chi connectivity index (χ3v) is 3.13. The van der Waals surface area contributed by atoms with Gasteiger partial charge in [-0.3, -0.25) is 0 Å². The second kappa shape index (κ2) is 12.5. The van der Waals surface area contributed by atoms with Gasteiger partial charge in [0.25, 0.3) is 0 Å². The third kappa shape index (κ3) is 9.43. The molecule has 0 spiro atoms. The molecule has 0 N–H and O–H groups in total. The SMILES string of the molecule is CCC/C=C\C/C=C\CCCCC/C=C/c1ccco1. The van der Waals surface area contributed by atoms with E-state index in [0.29, 0.717) is 0 Å². The van der Waals surface area contributed by atoms with Gasteiger partial charge in [0.15, 0.2) is 0 Å². The predicted molar refractivity (Wildman–Crippen MR) is 88.6 cm³/mol. The van der Waals surface area contributed by atoms with E-state index in [4.69, 9.17) is 4.42 Å². The summed E-state index contributed by atoms with van der Waals surface area (Å²) in [5, 5.41) is 0. The maximum atomic E-state index is 5.24. The number of allylic oxidation sites excluding steroid dienone is 5. The van der Waals surface area contributed by atoms with E-state index in [1.807, 2.05) is 12.1 Å². The maximum Gasteiger partial charge on any atom is 0.126 e. The van der Waals surface area contributed by atoms with Crippen molar-refractivity contribution in [3.05, 3.63) is 54.5 Å². The molecule has 0 atom stereocenters. The van der Waals surface area contributed by atoms with E-state index in [0.717, 1.165) is 18.6 Å². The average Bonchev–Trinajstić information content (AvgIpc) is 2.97. The molecule has 110 valence electrons. The van der Waals surface area contributed by atoms with Crippen molar-refractivity contribution in [1.29, 1.82) is 0 Å². The molecule has 0 saturated carbocycles. The molecule has 1 aromatic heterocycles. The van der Waals surface area contributed by atoms with Gasteiger partial charge >= 0.3 is 0 Å². The zero-order chi connectivity index (χ0) is 14.3. The minimum absolute atomic E-state index is 0.948. The van der Waals surface area contributed by atoms with Crippen LogP contribution in [0.3, 0.4) is 0 Å². The fraction of sp³-hybridized carbons (Fsp3) is 0.474. The summed E-state index contributed by atoms with van der Waals surface area (Å²) in [6, 6.07) is 3.90. The first-order valence-electron chi connectivity index (χ1n) is 7.93. The van der Waals surface area contributed by atoms with Crippen LogP contribution in [0.1, 0.15) is 64.1 Å². The Labute approximate surface area is 124 Å². The monoisotopic (exact) mass is 272 g/mol. The molecule has 0 aliphatic rings. The first-order valence-corrected chi connectivity index (χ1v) is 7.93. The number of furan rings is 1. The zero-order valence-electron chi connectivity index (χ0n) is 12.8. The van der Waals surface area contributed by atoms with E-state index >= 15 is 0 Å². The van der Waals surface area contributed by atoms with Gasteiger partial charge in [-0.15, -0.1) is 0 Å². The van der Waals surface area contributed by atoms with E-state index in [1.54, 1.807) is 6.26 Å². The summed E-state index contributed by atoms with van der Waals surface area (Å²) in [6.07, 6.45) is 24.9. The zero-order valence-corrected chi connectivity index (χ0v) is 12.8. The molecular formula is C19H28O. The number of rotatable bonds is 11. The molecule has 0 amide bonds. The van der Waals surface area contributed by atoms with E-state index < -0.39 is 0 Å². The Kier molecular flexibility index (Phi) is 10.4. The summed E-state index contributed by atoms with van der Waals surface area (Å²) in [7, 11) is 0. The van der Waals surface area contributed by atoms with Crippen LogP contribution in [0.5, 0.6) is 0 Å². The molecule has 1 heteroatoms. The van der Waals surface area contributed by atoms with Gasteiger partial charge in [-0.25, -0.2) is 0 Å². The first kappa shape index (κ1) is 16.6. The highest BCUT2D eigenvalue weighted by Crippen LogP contribution is 2.08. The van der Waals surface area contributed by atoms with Crippen LogP contribution < -0.4 is 0 Å². The summed E-state index contributed by atoms with van der Waals surface area (Å²) in [5.41, 5.74) is 0. The molecule has 1 aromatic rings. The van der Waals surface area contributed by atoms with Crippen molar-refractivity contribution in [3.63, 3.8) is 0 Å². The molecule has 0 unspecified atom stereocenters. The molecule has 1 nitrogen and oxygen atoms in total. The van der Waals surface area contributed by atoms with Crippen molar-refractivity contribution in [2.24, 2.45) is 0 Å². The number of hydrogen-bond donors (Lipinski definition) is 0. The van der Waals surface area contributed by atoms with Crippen molar-refractivity contribution in [1.82, 2.24) is 0 Å². The average molecular weight is 272 g/mol. The summed E-state index contributed by atoms with van der Waals surface area (Å²) in [5.74, 6) is 0.948. The molecule has 0 bridgehead atoms. The Morgan fingerprint density at radius 1 is 0.900 bits per heavy atom. The molecule has 0 fully saturated rings. The van der Waals surface area contributed by atoms with Crippen LogP contribution in [-0.2, 0) is 0 Å². The van der Waals surface area contributed by atoms with Crippen LogP contribution in [0.4, 0.5) is 0 Å². The van der Waals surface area contributed by atoms with Crippen molar-refractivity contribution < 1.29 is 4.42 Å². The number of hydrogen-bond acceptors (Lipinski definition) is 1. The van der Waals surface area contributed by atoms with Crippen molar-refractivity contribution in [2.75, 3.05) is 0 Å². The van der Waals surface area contributed by atoms with Crippen molar-refractivity contribution in [2.45, 2.75) is 58.3 Å². The van der Waals surface area contributed by atoms with Gasteiger partial charge in [-0.2, -0.15) is 0 Å². The van der Waals surface area contributed by atoms with Gasteiger partial charge < -0.3 is 4.42 Å². The molecule has 0 aromatic carbocycles. The number of unbranched alkanes of at least 4 members (excludes halogenated alkanes) is 5. The van der Waals surface area contributed by atoms with Crippen LogP contribution in [0.25, 0.3) is 6.08 Å². The van der Waals surface area contributed by atoms with E-state index in [2.05, 4.69) is 43.4 Å². The standard InChI is InChI=1S/C19H28O/c1-2-3-4-5-6-7-8-9-10-11-12-13-14-16-19-17-15-18-20-19/h4-5,7-8,14-18H,2-3,6,9-13H2,1H3/b5-4-,8-7-,16-14+. The van der Waals surface area contributed by atoms with E-state index in [9.17, 15) is 0 Å². The smallest absolute Gasteiger partial charge is 0.126 e. The lowest BCUT2D eigenvalue weighted by Gasteiger charge is -1.95. The molecule has 0 saturated heterocycles. The summed E-state index contributed by atoms with van der Waals surface area (Å²) < 4.78 is 5.24. The lowest BCUT2D eigenvalue weighted by molar-refractivity contribution is 0.556. The summed E-state index contributed by atoms with van der Waals surface area (Å²) in [6.45, 7) is 2.21. The largest absolute Gasteiger partial charge is 0.465 e. The topological polar surface area (TPSA) is 13.1 Å². The first-order chi connectivity index (χ1) is 9.93. The fourth-order valence-electron chi connectivity index (χ4n) is 1.96. The fourth-order valence-corrected chi connectivity index (χ4v) is 1.96. The molecule has 1 rings (SSSR count). The summed E-state index contributed by atoms with van der Waals surface area (Å²) >= 11 is 0. The Morgan fingerprint density at radius 2 is 1.65 bits per heavy atom. The molecule has 0 aliphatic carbocycles. The van der Waals surface area contributed by atoms with Crippen molar-refractivity contribution >= 4 is 6.08 Å². The van der Waals surface area contributed by atoms with Gasteiger partial charge in [0.05, 0.1) is 6.26 Å². The summed E-state index contributed by atoms with van der Waals surface area (Å²) in [4.78, 5) is 0. The van der Waals surface area contributed by atoms with Gasteiger partial charge in [0.1, 0.15) is 5.76 Å². The van der Waals surface area contributed by atoms with Crippen LogP contribution in [0, 0.1) is 0 Å². The Bertz CT molecular complexity index is 382. The van der Waals surface area contributed by atoms with Crippen LogP contribution in [-0.4, -0.2) is 0 Å². The second-order valence-corrected chi connectivity index (χ2v) is 5.02. The van der Waals surface area contributed by atoms with Crippen molar-refractivity contribution in [3.8, 4) is 0 Å². The minimum atomic E-state index is 0.948. The van der Waals surface area contributed by atoms with Gasteiger partial charge in [-0.05, 0) is 56.7 Å². The Hall–Kier alpha value is -1.50. The minimum Gasteiger partial charge on any atom is -0.465 e. The molecule has 0 radical (unpaired) electrons. The Balaban J connectivity index is 1.88. The van der Waals surface area contributed by atoms with E-state index in [1.165, 1.54) is 38.5 Å². The molecule has 1 heterocycles. The molecule has 20 heavy (non-hydrogen) atoms. The highest BCUT2D eigenvalue weighted by atomic mass is 16.3. The van der Waals surface area contributed by atoms with Crippen LogP contribution >= 0.6 is 0 Å². The predicted octanol–water partition coefficient (Wildman–Crippen LogP) is 6.55. The van der Waals surface area contributed by atoms with Gasteiger partial charge in [-0.1, -0.05) is 50.1 Å². The normalized spacial score (nSPS) is 12.2. The lowest BCUT2D eigenvalue weighted by Crippen LogP contribution is -1.75. The maximum absolute atomic E-state index is 5.24. The highest BCUT2D eigenvalue weighted by Gasteiger charge is 1.88. The molecule has 0 aliphatic heterocycles. The van der Waals surface area contributed by atoms with Crippen LogP contribution in [0.2, 0.25) is 0 Å². The van der Waals surface area contributed by atoms with Gasteiger partial charge in [0.2, 0.25) is 0 Å². The quantitative estimate of drug-likeness (QED) is 0.329. The highest BCUT2D eigenvalue weighted by molar-refractivity contribution is 5.41. The Morgan fingerprint density at radius 3 is 2.35 bits per heavy atom. The second-order valence-electron chi connectivity index (χ2n) is 5.02. The third-order valence-electron chi connectivity index (χ3n) is 3.13. The van der Waals surface area contributed by atoms with Gasteiger partial charge in [0, 0.05) is 0 Å². The lowest BCUT2D eigenvalue weighted by atomic mass is 10.1. The van der Waals surface area contributed by atoms with Crippen LogP contribution in [0.15, 0.2) is 53.2 Å². The molecular weight excluding hydrogens is 244 g/mol. The van der Waals surface area contributed by atoms with E-state index in [-0.39, 0.29) is 0 Å².